The number of benzene rings is 1. The van der Waals surface area contributed by atoms with Gasteiger partial charge in [0.05, 0.1) is 38.8 Å². The fourth-order valence-electron chi connectivity index (χ4n) is 4.39. The molecular formula is C23H36N4O3. The minimum Gasteiger partial charge on any atom is -0.469 e. The number of hydrogen-bond donors (Lipinski definition) is 1. The molecule has 3 rings (SSSR count). The molecule has 2 aliphatic rings. The normalized spacial score (nSPS) is 24.0. The van der Waals surface area contributed by atoms with E-state index in [0.29, 0.717) is 13.1 Å². The lowest BCUT2D eigenvalue weighted by molar-refractivity contribution is -0.145. The highest BCUT2D eigenvalue weighted by atomic mass is 16.5. The van der Waals surface area contributed by atoms with E-state index in [9.17, 15) is 4.79 Å². The summed E-state index contributed by atoms with van der Waals surface area (Å²) in [5.74, 6) is 0.882. The zero-order valence-corrected chi connectivity index (χ0v) is 18.8. The highest BCUT2D eigenvalue weighted by Gasteiger charge is 2.37. The van der Waals surface area contributed by atoms with Gasteiger partial charge >= 0.3 is 5.97 Å². The van der Waals surface area contributed by atoms with Crippen LogP contribution in [0.1, 0.15) is 31.0 Å². The number of carbonyl (C=O) groups is 1. The Morgan fingerprint density at radius 3 is 2.77 bits per heavy atom. The predicted molar refractivity (Wildman–Crippen MR) is 119 cm³/mol. The summed E-state index contributed by atoms with van der Waals surface area (Å²) >= 11 is 0. The Morgan fingerprint density at radius 2 is 2.10 bits per heavy atom. The average molecular weight is 417 g/mol. The summed E-state index contributed by atoms with van der Waals surface area (Å²) < 4.78 is 10.6. The second-order valence-corrected chi connectivity index (χ2v) is 8.28. The van der Waals surface area contributed by atoms with E-state index in [-0.39, 0.29) is 23.8 Å². The van der Waals surface area contributed by atoms with Gasteiger partial charge < -0.3 is 19.7 Å². The quantitative estimate of drug-likeness (QED) is 0.435. The van der Waals surface area contributed by atoms with E-state index in [4.69, 9.17) is 14.5 Å². The van der Waals surface area contributed by atoms with Crippen molar-refractivity contribution in [1.29, 1.82) is 0 Å². The second-order valence-electron chi connectivity index (χ2n) is 8.28. The number of likely N-dealkylation sites (tertiary alicyclic amines) is 1. The second kappa shape index (κ2) is 10.8. The van der Waals surface area contributed by atoms with Gasteiger partial charge in [-0.05, 0) is 25.3 Å². The van der Waals surface area contributed by atoms with Crippen LogP contribution in [0.2, 0.25) is 0 Å². The number of rotatable bonds is 6. The molecule has 3 atom stereocenters. The monoisotopic (exact) mass is 416 g/mol. The molecule has 7 nitrogen and oxygen atoms in total. The van der Waals surface area contributed by atoms with Crippen molar-refractivity contribution in [3.05, 3.63) is 35.4 Å². The first-order valence-electron chi connectivity index (χ1n) is 11.0. The fraction of sp³-hybridized carbons (Fsp3) is 0.652. The highest BCUT2D eigenvalue weighted by Crippen LogP contribution is 2.26. The minimum atomic E-state index is -0.133. The first-order chi connectivity index (χ1) is 14.5. The number of aryl methyl sites for hydroxylation is 1. The zero-order chi connectivity index (χ0) is 21.5. The molecule has 1 N–H and O–H groups in total. The van der Waals surface area contributed by atoms with Crippen LogP contribution in [0.3, 0.4) is 0 Å². The third kappa shape index (κ3) is 5.52. The lowest BCUT2D eigenvalue weighted by Crippen LogP contribution is -2.43. The lowest BCUT2D eigenvalue weighted by atomic mass is 9.99. The maximum atomic E-state index is 12.1. The first kappa shape index (κ1) is 22.6. The summed E-state index contributed by atoms with van der Waals surface area (Å²) in [6.45, 7) is 12.6. The van der Waals surface area contributed by atoms with Gasteiger partial charge in [-0.15, -0.1) is 0 Å². The van der Waals surface area contributed by atoms with Gasteiger partial charge in [0.15, 0.2) is 5.96 Å². The van der Waals surface area contributed by atoms with Crippen LogP contribution in [0.25, 0.3) is 0 Å². The lowest BCUT2D eigenvalue weighted by Gasteiger charge is -2.34. The SMILES string of the molecule is CCNC(=NCC(c1cccc(C)c1)N1CCOCC1)N1CC(C)C(C(=O)OC)C1. The van der Waals surface area contributed by atoms with E-state index >= 15 is 0 Å². The number of hydrogen-bond acceptors (Lipinski definition) is 5. The molecule has 2 fully saturated rings. The maximum absolute atomic E-state index is 12.1. The summed E-state index contributed by atoms with van der Waals surface area (Å²) in [5.41, 5.74) is 2.55. The molecule has 1 aromatic carbocycles. The van der Waals surface area contributed by atoms with Crippen LogP contribution < -0.4 is 5.32 Å². The van der Waals surface area contributed by atoms with E-state index in [1.165, 1.54) is 18.2 Å². The summed E-state index contributed by atoms with van der Waals surface area (Å²) in [5, 5.41) is 3.42. The first-order valence-corrected chi connectivity index (χ1v) is 11.0. The maximum Gasteiger partial charge on any atom is 0.310 e. The Morgan fingerprint density at radius 1 is 1.33 bits per heavy atom. The Kier molecular flexibility index (Phi) is 8.10. The Labute approximate surface area is 180 Å². The number of aliphatic imine (C=N–C) groups is 1. The van der Waals surface area contributed by atoms with Crippen molar-refractivity contribution >= 4 is 11.9 Å². The van der Waals surface area contributed by atoms with Crippen LogP contribution in [0.15, 0.2) is 29.3 Å². The average Bonchev–Trinajstić information content (AvgIpc) is 3.15. The fourth-order valence-corrected chi connectivity index (χ4v) is 4.39. The molecule has 0 aliphatic carbocycles. The summed E-state index contributed by atoms with van der Waals surface area (Å²) in [6, 6.07) is 8.91. The molecule has 0 radical (unpaired) electrons. The Balaban J connectivity index is 1.79. The zero-order valence-electron chi connectivity index (χ0n) is 18.8. The van der Waals surface area contributed by atoms with Crippen LogP contribution in [0.5, 0.6) is 0 Å². The van der Waals surface area contributed by atoms with Crippen LogP contribution in [0, 0.1) is 18.8 Å². The Hall–Kier alpha value is -2.12. The third-order valence-corrected chi connectivity index (χ3v) is 6.08. The molecule has 2 heterocycles. The van der Waals surface area contributed by atoms with E-state index in [1.807, 2.05) is 0 Å². The number of esters is 1. The van der Waals surface area contributed by atoms with Crippen molar-refractivity contribution in [2.45, 2.75) is 26.8 Å². The van der Waals surface area contributed by atoms with Gasteiger partial charge in [-0.3, -0.25) is 14.7 Å². The molecule has 1 aromatic rings. The van der Waals surface area contributed by atoms with Gasteiger partial charge in [0, 0.05) is 32.7 Å². The van der Waals surface area contributed by atoms with Crippen molar-refractivity contribution in [1.82, 2.24) is 15.1 Å². The number of nitrogens with one attached hydrogen (secondary N) is 1. The topological polar surface area (TPSA) is 66.4 Å². The van der Waals surface area contributed by atoms with Gasteiger partial charge in [0.2, 0.25) is 0 Å². The molecule has 166 valence electrons. The number of morpholine rings is 1. The molecule has 0 spiro atoms. The molecular weight excluding hydrogens is 380 g/mol. The van der Waals surface area contributed by atoms with Crippen molar-refractivity contribution < 1.29 is 14.3 Å². The van der Waals surface area contributed by atoms with Gasteiger partial charge in [-0.1, -0.05) is 36.8 Å². The summed E-state index contributed by atoms with van der Waals surface area (Å²) in [6.07, 6.45) is 0. The molecule has 7 heteroatoms. The van der Waals surface area contributed by atoms with Crippen LogP contribution in [-0.2, 0) is 14.3 Å². The van der Waals surface area contributed by atoms with E-state index in [1.54, 1.807) is 0 Å². The molecule has 2 aliphatic heterocycles. The largest absolute Gasteiger partial charge is 0.469 e. The van der Waals surface area contributed by atoms with E-state index in [2.05, 4.69) is 60.2 Å². The van der Waals surface area contributed by atoms with E-state index in [0.717, 1.165) is 45.4 Å². The summed E-state index contributed by atoms with van der Waals surface area (Å²) in [4.78, 5) is 21.8. The predicted octanol–water partition coefficient (Wildman–Crippen LogP) is 2.07. The van der Waals surface area contributed by atoms with Gasteiger partial charge in [0.1, 0.15) is 0 Å². The Bertz CT molecular complexity index is 733. The van der Waals surface area contributed by atoms with Gasteiger partial charge in [-0.25, -0.2) is 0 Å². The number of carbonyl (C=O) groups excluding carboxylic acids is 1. The van der Waals surface area contributed by atoms with Crippen LogP contribution in [-0.4, -0.2) is 81.3 Å². The van der Waals surface area contributed by atoms with Gasteiger partial charge in [-0.2, -0.15) is 0 Å². The number of nitrogens with zero attached hydrogens (tertiary/aromatic N) is 3. The highest BCUT2D eigenvalue weighted by molar-refractivity contribution is 5.82. The third-order valence-electron chi connectivity index (χ3n) is 6.08. The molecule has 2 saturated heterocycles. The van der Waals surface area contributed by atoms with Crippen molar-refractivity contribution in [3.8, 4) is 0 Å². The van der Waals surface area contributed by atoms with Crippen molar-refractivity contribution in [3.63, 3.8) is 0 Å². The number of ether oxygens (including phenoxy) is 2. The van der Waals surface area contributed by atoms with Gasteiger partial charge in [0.25, 0.3) is 0 Å². The molecule has 0 amide bonds. The van der Waals surface area contributed by atoms with Crippen molar-refractivity contribution in [2.75, 3.05) is 59.6 Å². The summed E-state index contributed by atoms with van der Waals surface area (Å²) in [7, 11) is 1.46. The standard InChI is InChI=1S/C23H36N4O3/c1-5-24-23(27-15-18(3)20(16-27)22(28)29-4)25-14-21(26-9-11-30-12-10-26)19-8-6-7-17(2)13-19/h6-8,13,18,20-21H,5,9-12,14-16H2,1-4H3,(H,24,25). The van der Waals surface area contributed by atoms with E-state index < -0.39 is 0 Å². The number of guanidine groups is 1. The van der Waals surface area contributed by atoms with Crippen molar-refractivity contribution in [2.24, 2.45) is 16.8 Å². The minimum absolute atomic E-state index is 0.106. The molecule has 0 aromatic heterocycles. The number of methoxy groups -OCH3 is 1. The molecule has 30 heavy (non-hydrogen) atoms. The van der Waals surface area contributed by atoms with Crippen LogP contribution in [0.4, 0.5) is 0 Å². The smallest absolute Gasteiger partial charge is 0.310 e. The molecule has 3 unspecified atom stereocenters. The molecule has 0 bridgehead atoms. The van der Waals surface area contributed by atoms with Crippen LogP contribution >= 0.6 is 0 Å². The molecule has 0 saturated carbocycles.